The van der Waals surface area contributed by atoms with Crippen LogP contribution in [0.1, 0.15) is 66.7 Å². The van der Waals surface area contributed by atoms with Gasteiger partial charge in [0.25, 0.3) is 0 Å². The van der Waals surface area contributed by atoms with E-state index in [4.69, 9.17) is 19.7 Å². The number of aliphatic carboxylic acids is 2. The molecule has 0 spiro atoms. The first kappa shape index (κ1) is 31.6. The van der Waals surface area contributed by atoms with Crippen molar-refractivity contribution in [2.45, 2.75) is 90.4 Å². The van der Waals surface area contributed by atoms with Crippen LogP contribution in [0, 0.1) is 5.92 Å². The highest BCUT2D eigenvalue weighted by atomic mass is 16.6. The molecule has 3 amide bonds. The number of methoxy groups -OCH3 is 1. The number of esters is 1. The lowest BCUT2D eigenvalue weighted by Crippen LogP contribution is -2.56. The molecular formula is C22H37N3O10. The van der Waals surface area contributed by atoms with Crippen LogP contribution in [-0.2, 0) is 33.4 Å². The van der Waals surface area contributed by atoms with E-state index in [0.29, 0.717) is 0 Å². The zero-order valence-electron chi connectivity index (χ0n) is 21.0. The summed E-state index contributed by atoms with van der Waals surface area (Å²) in [6.45, 7) is 8.43. The average Bonchev–Trinajstić information content (AvgIpc) is 2.70. The molecule has 13 nitrogen and oxygen atoms in total. The Morgan fingerprint density at radius 3 is 1.57 bits per heavy atom. The predicted molar refractivity (Wildman–Crippen MR) is 122 cm³/mol. The first-order chi connectivity index (χ1) is 16.0. The van der Waals surface area contributed by atoms with Gasteiger partial charge in [-0.25, -0.2) is 9.59 Å². The van der Waals surface area contributed by atoms with E-state index < -0.39 is 72.4 Å². The third-order valence-corrected chi connectivity index (χ3v) is 4.44. The largest absolute Gasteiger partial charge is 0.481 e. The van der Waals surface area contributed by atoms with Crippen molar-refractivity contribution in [2.75, 3.05) is 7.11 Å². The number of hydrogen-bond acceptors (Lipinski definition) is 8. The molecule has 13 heteroatoms. The summed E-state index contributed by atoms with van der Waals surface area (Å²) in [4.78, 5) is 72.0. The quantitative estimate of drug-likeness (QED) is 0.211. The molecule has 3 unspecified atom stereocenters. The Morgan fingerprint density at radius 2 is 1.20 bits per heavy atom. The number of carboxylic acids is 2. The summed E-state index contributed by atoms with van der Waals surface area (Å²) in [5.74, 6) is -4.89. The summed E-state index contributed by atoms with van der Waals surface area (Å²) in [7, 11) is 1.15. The lowest BCUT2D eigenvalue weighted by atomic mass is 10.0. The van der Waals surface area contributed by atoms with Gasteiger partial charge in [-0.1, -0.05) is 13.8 Å². The predicted octanol–water partition coefficient (Wildman–Crippen LogP) is 0.798. The van der Waals surface area contributed by atoms with Crippen molar-refractivity contribution in [2.24, 2.45) is 5.92 Å². The number of carboxylic acid groups (broad SMARTS) is 2. The number of carbonyl (C=O) groups excluding carboxylic acids is 4. The van der Waals surface area contributed by atoms with Gasteiger partial charge in [-0.3, -0.25) is 19.2 Å². The van der Waals surface area contributed by atoms with Gasteiger partial charge in [0.15, 0.2) is 0 Å². The molecule has 0 aromatic rings. The molecule has 0 aromatic carbocycles. The fourth-order valence-electron chi connectivity index (χ4n) is 2.90. The lowest BCUT2D eigenvalue weighted by Gasteiger charge is -2.26. The third-order valence-electron chi connectivity index (χ3n) is 4.44. The van der Waals surface area contributed by atoms with Gasteiger partial charge in [-0.15, -0.1) is 0 Å². The number of nitrogens with one attached hydrogen (secondary N) is 3. The fourth-order valence-corrected chi connectivity index (χ4v) is 2.90. The Kier molecular flexibility index (Phi) is 13.4. The van der Waals surface area contributed by atoms with Gasteiger partial charge in [0.05, 0.1) is 7.11 Å². The van der Waals surface area contributed by atoms with Crippen molar-refractivity contribution < 1.29 is 48.5 Å². The van der Waals surface area contributed by atoms with E-state index in [1.807, 2.05) is 13.8 Å². The minimum atomic E-state index is -1.38. The number of amides is 3. The highest BCUT2D eigenvalue weighted by Crippen LogP contribution is 2.10. The molecule has 5 N–H and O–H groups in total. The Balaban J connectivity index is 5.67. The van der Waals surface area contributed by atoms with Crippen LogP contribution in [0.3, 0.4) is 0 Å². The zero-order valence-corrected chi connectivity index (χ0v) is 21.0. The molecule has 0 fully saturated rings. The maximum Gasteiger partial charge on any atom is 0.408 e. The monoisotopic (exact) mass is 503 g/mol. The highest BCUT2D eigenvalue weighted by Gasteiger charge is 2.31. The summed E-state index contributed by atoms with van der Waals surface area (Å²) in [5, 5.41) is 25.1. The number of ether oxygens (including phenoxy) is 2. The van der Waals surface area contributed by atoms with Gasteiger partial charge in [-0.2, -0.15) is 0 Å². The standard InChI is InChI=1S/C22H37N3O10/c1-12(2)11-15(20(32)34-6)24-18(30)13(7-9-16(26)27)23-19(31)14(8-10-17(28)29)25-21(33)35-22(3,4)5/h12-15H,7-11H2,1-6H3,(H,23,31)(H,24,30)(H,25,33)(H,26,27)(H,28,29). The fraction of sp³-hybridized carbons (Fsp3) is 0.727. The zero-order chi connectivity index (χ0) is 27.3. The second kappa shape index (κ2) is 14.8. The molecule has 0 saturated carbocycles. The Morgan fingerprint density at radius 1 is 0.771 bits per heavy atom. The van der Waals surface area contributed by atoms with Crippen LogP contribution in [0.5, 0.6) is 0 Å². The molecule has 0 aliphatic heterocycles. The van der Waals surface area contributed by atoms with Crippen molar-refractivity contribution >= 4 is 35.8 Å². The summed E-state index contributed by atoms with van der Waals surface area (Å²) >= 11 is 0. The molecule has 0 aliphatic rings. The van der Waals surface area contributed by atoms with Gasteiger partial charge in [-0.05, 0) is 46.0 Å². The van der Waals surface area contributed by atoms with Gasteiger partial charge < -0.3 is 35.6 Å². The smallest absolute Gasteiger partial charge is 0.408 e. The second-order valence-corrected chi connectivity index (χ2v) is 9.34. The summed E-state index contributed by atoms with van der Waals surface area (Å²) < 4.78 is 9.80. The van der Waals surface area contributed by atoms with E-state index in [-0.39, 0.29) is 25.2 Å². The van der Waals surface area contributed by atoms with Crippen LogP contribution in [0.4, 0.5) is 4.79 Å². The first-order valence-electron chi connectivity index (χ1n) is 11.2. The van der Waals surface area contributed by atoms with Crippen LogP contribution < -0.4 is 16.0 Å². The van der Waals surface area contributed by atoms with E-state index >= 15 is 0 Å². The van der Waals surface area contributed by atoms with E-state index in [0.717, 1.165) is 7.11 Å². The second-order valence-electron chi connectivity index (χ2n) is 9.34. The van der Waals surface area contributed by atoms with Crippen LogP contribution >= 0.6 is 0 Å². The summed E-state index contributed by atoms with van der Waals surface area (Å²) in [6.07, 6.45) is -2.33. The van der Waals surface area contributed by atoms with Gasteiger partial charge in [0.2, 0.25) is 11.8 Å². The molecule has 0 saturated heterocycles. The number of alkyl carbamates (subject to hydrolysis) is 1. The van der Waals surface area contributed by atoms with Crippen molar-refractivity contribution in [3.05, 3.63) is 0 Å². The molecule has 0 heterocycles. The van der Waals surface area contributed by atoms with Crippen LogP contribution in [0.25, 0.3) is 0 Å². The number of hydrogen-bond donors (Lipinski definition) is 5. The molecule has 0 radical (unpaired) electrons. The average molecular weight is 504 g/mol. The number of rotatable bonds is 14. The van der Waals surface area contributed by atoms with E-state index in [9.17, 15) is 28.8 Å². The first-order valence-corrected chi connectivity index (χ1v) is 11.2. The van der Waals surface area contributed by atoms with Crippen molar-refractivity contribution in [1.82, 2.24) is 16.0 Å². The number of carbonyl (C=O) groups is 6. The van der Waals surface area contributed by atoms with Crippen LogP contribution in [-0.4, -0.2) is 76.9 Å². The molecule has 200 valence electrons. The lowest BCUT2D eigenvalue weighted by molar-refractivity contribution is -0.146. The van der Waals surface area contributed by atoms with Crippen molar-refractivity contribution in [1.29, 1.82) is 0 Å². The summed E-state index contributed by atoms with van der Waals surface area (Å²) in [5.41, 5.74) is -0.888. The van der Waals surface area contributed by atoms with Crippen LogP contribution in [0.15, 0.2) is 0 Å². The van der Waals surface area contributed by atoms with Crippen molar-refractivity contribution in [3.63, 3.8) is 0 Å². The third kappa shape index (κ3) is 14.5. The minimum Gasteiger partial charge on any atom is -0.481 e. The normalized spacial score (nSPS) is 13.7. The van der Waals surface area contributed by atoms with E-state index in [2.05, 4.69) is 16.0 Å². The van der Waals surface area contributed by atoms with Gasteiger partial charge in [0.1, 0.15) is 23.7 Å². The Labute approximate surface area is 204 Å². The summed E-state index contributed by atoms with van der Waals surface area (Å²) in [6, 6.07) is -3.79. The highest BCUT2D eigenvalue weighted by molar-refractivity contribution is 5.93. The van der Waals surface area contributed by atoms with Gasteiger partial charge in [0, 0.05) is 12.8 Å². The molecule has 0 bridgehead atoms. The van der Waals surface area contributed by atoms with Crippen molar-refractivity contribution in [3.8, 4) is 0 Å². The molecule has 0 aromatic heterocycles. The topological polar surface area (TPSA) is 197 Å². The van der Waals surface area contributed by atoms with E-state index in [1.165, 1.54) is 0 Å². The molecular weight excluding hydrogens is 466 g/mol. The SMILES string of the molecule is COC(=O)C(CC(C)C)NC(=O)C(CCC(=O)O)NC(=O)C(CCC(=O)O)NC(=O)OC(C)(C)C. The maximum atomic E-state index is 12.9. The molecule has 0 aliphatic carbocycles. The van der Waals surface area contributed by atoms with Crippen LogP contribution in [0.2, 0.25) is 0 Å². The molecule has 35 heavy (non-hydrogen) atoms. The van der Waals surface area contributed by atoms with E-state index in [1.54, 1.807) is 20.8 Å². The molecule has 0 rings (SSSR count). The Bertz CT molecular complexity index is 776. The minimum absolute atomic E-state index is 0.00453. The molecule has 3 atom stereocenters. The van der Waals surface area contributed by atoms with Gasteiger partial charge >= 0.3 is 24.0 Å². The maximum absolute atomic E-state index is 12.9. The Hall–Kier alpha value is -3.38.